The maximum atomic E-state index is 6.23. The molecule has 2 unspecified atom stereocenters. The highest BCUT2D eigenvalue weighted by atomic mass is 79.9. The van der Waals surface area contributed by atoms with Crippen molar-refractivity contribution < 1.29 is 9.47 Å². The van der Waals surface area contributed by atoms with Crippen LogP contribution in [0.4, 0.5) is 0 Å². The first-order chi connectivity index (χ1) is 10.1. The third kappa shape index (κ3) is 4.00. The van der Waals surface area contributed by atoms with E-state index >= 15 is 0 Å². The molecule has 21 heavy (non-hydrogen) atoms. The van der Waals surface area contributed by atoms with Crippen LogP contribution in [0.2, 0.25) is 0 Å². The lowest BCUT2D eigenvalue weighted by Crippen LogP contribution is -2.31. The molecule has 0 saturated heterocycles. The van der Waals surface area contributed by atoms with Crippen molar-refractivity contribution in [3.05, 3.63) is 43.5 Å². The molecule has 2 rings (SSSR count). The van der Waals surface area contributed by atoms with E-state index in [1.165, 1.54) is 0 Å². The van der Waals surface area contributed by atoms with Gasteiger partial charge in [-0.25, -0.2) is 0 Å². The molecule has 3 nitrogen and oxygen atoms in total. The van der Waals surface area contributed by atoms with Crippen LogP contribution in [0.25, 0.3) is 0 Å². The van der Waals surface area contributed by atoms with Crippen molar-refractivity contribution in [2.45, 2.75) is 25.5 Å². The summed E-state index contributed by atoms with van der Waals surface area (Å²) in [5.41, 5.74) is 6.23. The minimum atomic E-state index is -0.161. The SMILES string of the molecule is CCC(N)C(Oc1cc(Br)c(OC)cc1Br)c1cccs1. The first-order valence-corrected chi connectivity index (χ1v) is 9.02. The Morgan fingerprint density at radius 3 is 2.48 bits per heavy atom. The van der Waals surface area contributed by atoms with Gasteiger partial charge in [-0.05, 0) is 61.9 Å². The molecule has 0 amide bonds. The van der Waals surface area contributed by atoms with Crippen LogP contribution in [0.3, 0.4) is 0 Å². The van der Waals surface area contributed by atoms with E-state index in [1.807, 2.05) is 23.6 Å². The molecule has 0 spiro atoms. The Morgan fingerprint density at radius 1 is 1.24 bits per heavy atom. The quantitative estimate of drug-likeness (QED) is 0.684. The van der Waals surface area contributed by atoms with E-state index in [-0.39, 0.29) is 12.1 Å². The van der Waals surface area contributed by atoms with Gasteiger partial charge >= 0.3 is 0 Å². The number of rotatable bonds is 6. The topological polar surface area (TPSA) is 44.5 Å². The summed E-state index contributed by atoms with van der Waals surface area (Å²) in [6.45, 7) is 2.06. The van der Waals surface area contributed by atoms with Gasteiger partial charge in [-0.2, -0.15) is 0 Å². The van der Waals surface area contributed by atoms with Gasteiger partial charge in [-0.3, -0.25) is 0 Å². The minimum absolute atomic E-state index is 0.0589. The first kappa shape index (κ1) is 16.8. The third-order valence-electron chi connectivity index (χ3n) is 3.14. The third-order valence-corrected chi connectivity index (χ3v) is 5.32. The Hall–Kier alpha value is -0.560. The molecule has 0 saturated carbocycles. The van der Waals surface area contributed by atoms with Gasteiger partial charge < -0.3 is 15.2 Å². The smallest absolute Gasteiger partial charge is 0.148 e. The van der Waals surface area contributed by atoms with E-state index in [0.29, 0.717) is 0 Å². The predicted octanol–water partition coefficient (Wildman–Crippen LogP) is 5.14. The van der Waals surface area contributed by atoms with Crippen LogP contribution >= 0.6 is 43.2 Å². The average Bonchev–Trinajstić information content (AvgIpc) is 3.00. The normalized spacial score (nSPS) is 13.8. The number of nitrogens with two attached hydrogens (primary N) is 1. The Kier molecular flexibility index (Phi) is 6.10. The summed E-state index contributed by atoms with van der Waals surface area (Å²) >= 11 is 8.66. The molecule has 2 N–H and O–H groups in total. The Morgan fingerprint density at radius 2 is 1.90 bits per heavy atom. The van der Waals surface area contributed by atoms with Crippen LogP contribution in [0.5, 0.6) is 11.5 Å². The van der Waals surface area contributed by atoms with Gasteiger partial charge in [-0.1, -0.05) is 13.0 Å². The number of hydrogen-bond acceptors (Lipinski definition) is 4. The van der Waals surface area contributed by atoms with Crippen LogP contribution < -0.4 is 15.2 Å². The fourth-order valence-electron chi connectivity index (χ4n) is 1.92. The summed E-state index contributed by atoms with van der Waals surface area (Å²) in [5.74, 6) is 1.49. The summed E-state index contributed by atoms with van der Waals surface area (Å²) < 4.78 is 13.1. The maximum Gasteiger partial charge on any atom is 0.148 e. The molecule has 0 radical (unpaired) electrons. The van der Waals surface area contributed by atoms with Crippen LogP contribution in [0.1, 0.15) is 24.3 Å². The molecule has 1 heterocycles. The van der Waals surface area contributed by atoms with Gasteiger partial charge in [0, 0.05) is 10.9 Å². The van der Waals surface area contributed by atoms with Crippen molar-refractivity contribution in [3.8, 4) is 11.5 Å². The van der Waals surface area contributed by atoms with Gasteiger partial charge in [0.2, 0.25) is 0 Å². The molecule has 0 aliphatic rings. The Balaban J connectivity index is 2.31. The monoisotopic (exact) mass is 433 g/mol. The van der Waals surface area contributed by atoms with E-state index in [1.54, 1.807) is 18.4 Å². The largest absolute Gasteiger partial charge is 0.496 e. The van der Waals surface area contributed by atoms with Crippen LogP contribution in [-0.4, -0.2) is 13.2 Å². The molecule has 114 valence electrons. The van der Waals surface area contributed by atoms with Crippen molar-refractivity contribution >= 4 is 43.2 Å². The zero-order valence-corrected chi connectivity index (χ0v) is 15.8. The molecule has 1 aromatic carbocycles. The molecule has 1 aromatic heterocycles. The van der Waals surface area contributed by atoms with E-state index in [4.69, 9.17) is 15.2 Å². The molecule has 6 heteroatoms. The van der Waals surface area contributed by atoms with Gasteiger partial charge in [0.15, 0.2) is 0 Å². The summed E-state index contributed by atoms with van der Waals surface area (Å²) in [6, 6.07) is 7.78. The number of thiophene rings is 1. The molecular weight excluding hydrogens is 418 g/mol. The predicted molar refractivity (Wildman–Crippen MR) is 94.3 cm³/mol. The van der Waals surface area contributed by atoms with E-state index in [9.17, 15) is 0 Å². The zero-order valence-electron chi connectivity index (χ0n) is 11.8. The standard InChI is InChI=1S/C15H17Br2NO2S/c1-3-11(18)15(14-5-4-6-21-14)20-13-8-9(16)12(19-2)7-10(13)17/h4-8,11,15H,3,18H2,1-2H3. The Bertz CT molecular complexity index is 590. The minimum Gasteiger partial charge on any atom is -0.496 e. The van der Waals surface area contributed by atoms with Crippen LogP contribution in [0.15, 0.2) is 38.6 Å². The second-order valence-corrected chi connectivity index (χ2v) is 7.23. The lowest BCUT2D eigenvalue weighted by atomic mass is 10.1. The molecule has 2 atom stereocenters. The number of benzene rings is 1. The first-order valence-electron chi connectivity index (χ1n) is 6.55. The van der Waals surface area contributed by atoms with Gasteiger partial charge in [0.1, 0.15) is 17.6 Å². The second kappa shape index (κ2) is 7.63. The highest BCUT2D eigenvalue weighted by Crippen LogP contribution is 2.39. The summed E-state index contributed by atoms with van der Waals surface area (Å²) in [6.07, 6.45) is 0.684. The fraction of sp³-hybridized carbons (Fsp3) is 0.333. The van der Waals surface area contributed by atoms with Crippen molar-refractivity contribution in [2.75, 3.05) is 7.11 Å². The van der Waals surface area contributed by atoms with E-state index in [0.717, 1.165) is 31.7 Å². The van der Waals surface area contributed by atoms with Crippen molar-refractivity contribution in [1.29, 1.82) is 0 Å². The van der Waals surface area contributed by atoms with Crippen LogP contribution in [-0.2, 0) is 0 Å². The molecule has 2 aromatic rings. The average molecular weight is 435 g/mol. The van der Waals surface area contributed by atoms with Crippen LogP contribution in [0, 0.1) is 0 Å². The lowest BCUT2D eigenvalue weighted by Gasteiger charge is -2.24. The fourth-order valence-corrected chi connectivity index (χ4v) is 3.65. The van der Waals surface area contributed by atoms with E-state index < -0.39 is 0 Å². The number of halogens is 2. The zero-order chi connectivity index (χ0) is 15.4. The molecule has 0 aliphatic carbocycles. The molecule has 0 fully saturated rings. The van der Waals surface area contributed by atoms with Crippen molar-refractivity contribution in [1.82, 2.24) is 0 Å². The number of hydrogen-bond donors (Lipinski definition) is 1. The molecule has 0 aliphatic heterocycles. The summed E-state index contributed by atoms with van der Waals surface area (Å²) in [5, 5.41) is 2.03. The summed E-state index contributed by atoms with van der Waals surface area (Å²) in [7, 11) is 1.63. The number of ether oxygens (including phenoxy) is 2. The van der Waals surface area contributed by atoms with E-state index in [2.05, 4.69) is 44.8 Å². The highest BCUT2D eigenvalue weighted by molar-refractivity contribution is 9.11. The highest BCUT2D eigenvalue weighted by Gasteiger charge is 2.23. The van der Waals surface area contributed by atoms with Crippen molar-refractivity contribution in [2.24, 2.45) is 5.73 Å². The van der Waals surface area contributed by atoms with Gasteiger partial charge in [0.25, 0.3) is 0 Å². The maximum absolute atomic E-state index is 6.23. The molecular formula is C15H17Br2NO2S. The van der Waals surface area contributed by atoms with Gasteiger partial charge in [0.05, 0.1) is 16.1 Å². The van der Waals surface area contributed by atoms with Gasteiger partial charge in [-0.15, -0.1) is 11.3 Å². The second-order valence-electron chi connectivity index (χ2n) is 4.54. The summed E-state index contributed by atoms with van der Waals surface area (Å²) in [4.78, 5) is 1.13. The Labute approximate surface area is 145 Å². The lowest BCUT2D eigenvalue weighted by molar-refractivity contribution is 0.173. The molecule has 0 bridgehead atoms. The van der Waals surface area contributed by atoms with Crippen molar-refractivity contribution in [3.63, 3.8) is 0 Å². The number of methoxy groups -OCH3 is 1.